The zero-order valence-electron chi connectivity index (χ0n) is 17.0. The monoisotopic (exact) mass is 493 g/mol. The van der Waals surface area contributed by atoms with E-state index in [1.165, 1.54) is 5.56 Å². The first-order valence-corrected chi connectivity index (χ1v) is 8.93. The highest BCUT2D eigenvalue weighted by Crippen LogP contribution is 2.22. The third-order valence-corrected chi connectivity index (χ3v) is 4.43. The molecule has 0 radical (unpaired) electrons. The highest BCUT2D eigenvalue weighted by molar-refractivity contribution is 14.0. The number of rotatable bonds is 5. The summed E-state index contributed by atoms with van der Waals surface area (Å²) in [6.07, 6.45) is 3.90. The molecule has 1 aromatic carbocycles. The molecule has 0 saturated carbocycles. The third-order valence-electron chi connectivity index (χ3n) is 4.43. The Balaban J connectivity index is 0.00000280. The van der Waals surface area contributed by atoms with Crippen molar-refractivity contribution in [2.24, 2.45) is 12.0 Å². The predicted octanol–water partition coefficient (Wildman–Crippen LogP) is 2.86. The number of aliphatic imine (C=N–C) groups is 1. The van der Waals surface area contributed by atoms with Gasteiger partial charge in [0.15, 0.2) is 5.96 Å². The number of guanidine groups is 1. The first-order chi connectivity index (χ1) is 13.0. The topological polar surface area (TPSA) is 61.6 Å². The van der Waals surface area contributed by atoms with Gasteiger partial charge in [-0.3, -0.25) is 9.67 Å². The molecule has 1 N–H and O–H groups in total. The number of nitrogens with zero attached hydrogens (tertiary/aromatic N) is 6. The molecule has 7 nitrogen and oxygen atoms in total. The molecule has 0 aliphatic rings. The zero-order valence-corrected chi connectivity index (χ0v) is 19.4. The fraction of sp³-hybridized carbons (Fsp3) is 0.350. The minimum atomic E-state index is 0. The SMILES string of the molecule is CN=C(NCc1cc(N(C)C)nc2ccccc12)N(C)Cc1cnn(C)c1.I. The number of aryl methyl sites for hydroxylation is 1. The fourth-order valence-electron chi connectivity index (χ4n) is 3.07. The van der Waals surface area contributed by atoms with E-state index >= 15 is 0 Å². The lowest BCUT2D eigenvalue weighted by Crippen LogP contribution is -2.38. The average Bonchev–Trinajstić information content (AvgIpc) is 3.06. The Labute approximate surface area is 183 Å². The molecule has 0 atom stereocenters. The van der Waals surface area contributed by atoms with Gasteiger partial charge in [-0.1, -0.05) is 18.2 Å². The summed E-state index contributed by atoms with van der Waals surface area (Å²) in [4.78, 5) is 13.3. The number of nitrogens with one attached hydrogen (secondary N) is 1. The van der Waals surface area contributed by atoms with Gasteiger partial charge in [0.05, 0.1) is 11.7 Å². The van der Waals surface area contributed by atoms with E-state index in [9.17, 15) is 0 Å². The lowest BCUT2D eigenvalue weighted by Gasteiger charge is -2.22. The molecular weight excluding hydrogens is 465 g/mol. The van der Waals surface area contributed by atoms with Crippen molar-refractivity contribution in [2.45, 2.75) is 13.1 Å². The van der Waals surface area contributed by atoms with Crippen LogP contribution in [0.4, 0.5) is 5.82 Å². The maximum absolute atomic E-state index is 4.72. The number of pyridine rings is 1. The second-order valence-electron chi connectivity index (χ2n) is 6.83. The van der Waals surface area contributed by atoms with Crippen LogP contribution in [-0.2, 0) is 20.1 Å². The second kappa shape index (κ2) is 9.72. The summed E-state index contributed by atoms with van der Waals surface area (Å²) in [6.45, 7) is 1.42. The van der Waals surface area contributed by atoms with Gasteiger partial charge in [0, 0.05) is 65.5 Å². The van der Waals surface area contributed by atoms with Gasteiger partial charge >= 0.3 is 0 Å². The number of para-hydroxylation sites is 1. The minimum absolute atomic E-state index is 0. The number of hydrogen-bond acceptors (Lipinski definition) is 4. The van der Waals surface area contributed by atoms with Crippen LogP contribution in [0.5, 0.6) is 0 Å². The first-order valence-electron chi connectivity index (χ1n) is 8.93. The van der Waals surface area contributed by atoms with Gasteiger partial charge in [0.2, 0.25) is 0 Å². The normalized spacial score (nSPS) is 11.2. The lowest BCUT2D eigenvalue weighted by atomic mass is 10.1. The van der Waals surface area contributed by atoms with Crippen molar-refractivity contribution >= 4 is 46.7 Å². The first kappa shape index (κ1) is 21.9. The Kier molecular flexibility index (Phi) is 7.61. The van der Waals surface area contributed by atoms with Gasteiger partial charge in [0.25, 0.3) is 0 Å². The van der Waals surface area contributed by atoms with Gasteiger partial charge in [-0.2, -0.15) is 5.10 Å². The molecule has 2 aromatic heterocycles. The summed E-state index contributed by atoms with van der Waals surface area (Å²) in [5, 5.41) is 8.85. The molecule has 0 aliphatic carbocycles. The van der Waals surface area contributed by atoms with Crippen molar-refractivity contribution in [3.63, 3.8) is 0 Å². The molecule has 150 valence electrons. The summed E-state index contributed by atoms with van der Waals surface area (Å²) in [6, 6.07) is 10.4. The van der Waals surface area contributed by atoms with Crippen molar-refractivity contribution in [2.75, 3.05) is 33.1 Å². The van der Waals surface area contributed by atoms with E-state index < -0.39 is 0 Å². The summed E-state index contributed by atoms with van der Waals surface area (Å²) in [5.74, 6) is 1.79. The molecule has 0 aliphatic heterocycles. The molecule has 8 heteroatoms. The summed E-state index contributed by atoms with van der Waals surface area (Å²) in [7, 11) is 9.77. The van der Waals surface area contributed by atoms with Crippen molar-refractivity contribution in [3.8, 4) is 0 Å². The summed E-state index contributed by atoms with van der Waals surface area (Å²) < 4.78 is 1.81. The van der Waals surface area contributed by atoms with Crippen LogP contribution in [-0.4, -0.2) is 53.8 Å². The Bertz CT molecular complexity index is 949. The molecule has 0 saturated heterocycles. The molecule has 0 spiro atoms. The quantitative estimate of drug-likeness (QED) is 0.337. The van der Waals surface area contributed by atoms with E-state index in [4.69, 9.17) is 4.98 Å². The largest absolute Gasteiger partial charge is 0.363 e. The number of aromatic nitrogens is 3. The van der Waals surface area contributed by atoms with Gasteiger partial charge < -0.3 is 15.1 Å². The van der Waals surface area contributed by atoms with Gasteiger partial charge in [-0.15, -0.1) is 24.0 Å². The Morgan fingerprint density at radius 3 is 2.61 bits per heavy atom. The van der Waals surface area contributed by atoms with E-state index in [1.54, 1.807) is 7.05 Å². The van der Waals surface area contributed by atoms with Crippen molar-refractivity contribution in [1.29, 1.82) is 0 Å². The third kappa shape index (κ3) is 5.12. The van der Waals surface area contributed by atoms with Crippen LogP contribution in [0.25, 0.3) is 10.9 Å². The van der Waals surface area contributed by atoms with Gasteiger partial charge in [-0.05, 0) is 17.7 Å². The van der Waals surface area contributed by atoms with Crippen LogP contribution >= 0.6 is 24.0 Å². The minimum Gasteiger partial charge on any atom is -0.363 e. The van der Waals surface area contributed by atoms with Crippen LogP contribution in [0.3, 0.4) is 0 Å². The average molecular weight is 493 g/mol. The second-order valence-corrected chi connectivity index (χ2v) is 6.83. The highest BCUT2D eigenvalue weighted by atomic mass is 127. The van der Waals surface area contributed by atoms with Gasteiger partial charge in [0.1, 0.15) is 5.82 Å². The molecule has 3 rings (SSSR count). The Morgan fingerprint density at radius 1 is 1.21 bits per heavy atom. The number of benzene rings is 1. The zero-order chi connectivity index (χ0) is 19.4. The van der Waals surface area contributed by atoms with E-state index in [0.29, 0.717) is 6.54 Å². The smallest absolute Gasteiger partial charge is 0.193 e. The summed E-state index contributed by atoms with van der Waals surface area (Å²) >= 11 is 0. The number of fused-ring (bicyclic) bond motifs is 1. The molecule has 0 unspecified atom stereocenters. The molecule has 0 amide bonds. The van der Waals surface area contributed by atoms with E-state index in [0.717, 1.165) is 34.8 Å². The maximum atomic E-state index is 4.72. The molecule has 0 fully saturated rings. The Hall–Kier alpha value is -2.36. The van der Waals surface area contributed by atoms with Gasteiger partial charge in [-0.25, -0.2) is 4.98 Å². The van der Waals surface area contributed by atoms with Crippen LogP contribution < -0.4 is 10.2 Å². The molecule has 0 bridgehead atoms. The van der Waals surface area contributed by atoms with E-state index in [1.807, 2.05) is 62.3 Å². The molecular formula is C20H28IN7. The van der Waals surface area contributed by atoms with Crippen LogP contribution in [0.15, 0.2) is 47.7 Å². The molecule has 3 aromatic rings. The van der Waals surface area contributed by atoms with Crippen LogP contribution in [0, 0.1) is 0 Å². The van der Waals surface area contributed by atoms with E-state index in [-0.39, 0.29) is 24.0 Å². The number of anilines is 1. The van der Waals surface area contributed by atoms with Crippen molar-refractivity contribution in [3.05, 3.63) is 53.9 Å². The summed E-state index contributed by atoms with van der Waals surface area (Å²) in [5.41, 5.74) is 3.34. The van der Waals surface area contributed by atoms with Crippen LogP contribution in [0.2, 0.25) is 0 Å². The predicted molar refractivity (Wildman–Crippen MR) is 126 cm³/mol. The fourth-order valence-corrected chi connectivity index (χ4v) is 3.07. The molecule has 2 heterocycles. The van der Waals surface area contributed by atoms with Crippen molar-refractivity contribution < 1.29 is 0 Å². The highest BCUT2D eigenvalue weighted by Gasteiger charge is 2.11. The number of hydrogen-bond donors (Lipinski definition) is 1. The molecule has 28 heavy (non-hydrogen) atoms. The van der Waals surface area contributed by atoms with E-state index in [2.05, 4.69) is 38.5 Å². The standard InChI is InChI=1S/C20H27N7.HI/c1-21-20(26(4)13-15-11-23-27(5)14-15)22-12-16-10-19(25(2)3)24-18-9-7-6-8-17(16)18;/h6-11,14H,12-13H2,1-5H3,(H,21,22);1H. The lowest BCUT2D eigenvalue weighted by molar-refractivity contribution is 0.476. The Morgan fingerprint density at radius 2 is 1.96 bits per heavy atom. The number of halogens is 1. The van der Waals surface area contributed by atoms with Crippen molar-refractivity contribution in [1.82, 2.24) is 25.0 Å². The van der Waals surface area contributed by atoms with Crippen LogP contribution in [0.1, 0.15) is 11.1 Å². The maximum Gasteiger partial charge on any atom is 0.193 e.